The van der Waals surface area contributed by atoms with E-state index < -0.39 is 0 Å². The number of carbonyl (C=O) groups is 1. The summed E-state index contributed by atoms with van der Waals surface area (Å²) in [5.41, 5.74) is 0. The van der Waals surface area contributed by atoms with Gasteiger partial charge in [0.2, 0.25) is 0 Å². The van der Waals surface area contributed by atoms with E-state index in [0.29, 0.717) is 18.8 Å². The van der Waals surface area contributed by atoms with Gasteiger partial charge < -0.3 is 9.84 Å². The van der Waals surface area contributed by atoms with Crippen LogP contribution in [-0.2, 0) is 9.53 Å². The molecule has 3 heteroatoms. The molecule has 0 aromatic rings. The van der Waals surface area contributed by atoms with Crippen molar-refractivity contribution in [1.82, 2.24) is 0 Å². The number of aliphatic hydroxyl groups is 1. The molecule has 59 valence electrons. The normalized spacial score (nSPS) is 10.0. The van der Waals surface area contributed by atoms with Crippen LogP contribution in [0.1, 0.15) is 19.8 Å². The molecule has 0 saturated heterocycles. The highest BCUT2D eigenvalue weighted by Gasteiger charge is 2.16. The summed E-state index contributed by atoms with van der Waals surface area (Å²) in [7, 11) is 1.34. The van der Waals surface area contributed by atoms with Crippen molar-refractivity contribution in [3.8, 4) is 0 Å². The van der Waals surface area contributed by atoms with Crippen molar-refractivity contribution in [2.75, 3.05) is 13.7 Å². The second-order valence-corrected chi connectivity index (χ2v) is 1.92. The van der Waals surface area contributed by atoms with Gasteiger partial charge in [-0.2, -0.15) is 0 Å². The largest absolute Gasteiger partial charge is 0.469 e. The summed E-state index contributed by atoms with van der Waals surface area (Å²) >= 11 is 0. The van der Waals surface area contributed by atoms with Gasteiger partial charge in [0.05, 0.1) is 13.0 Å². The fraction of sp³-hybridized carbons (Fsp3) is 0.714. The van der Waals surface area contributed by atoms with Crippen LogP contribution in [0, 0.1) is 5.92 Å². The van der Waals surface area contributed by atoms with Gasteiger partial charge in [-0.3, -0.25) is 4.79 Å². The Balaban J connectivity index is 3.68. The van der Waals surface area contributed by atoms with Crippen LogP contribution in [0.25, 0.3) is 0 Å². The molecule has 0 saturated carbocycles. The molecule has 0 heterocycles. The third kappa shape index (κ3) is 2.82. The summed E-state index contributed by atoms with van der Waals surface area (Å²) in [6.45, 7) is 1.88. The van der Waals surface area contributed by atoms with Gasteiger partial charge in [0.15, 0.2) is 0 Å². The van der Waals surface area contributed by atoms with E-state index in [-0.39, 0.29) is 12.6 Å². The Bertz CT molecular complexity index is 101. The van der Waals surface area contributed by atoms with Crippen LogP contribution in [0.5, 0.6) is 0 Å². The van der Waals surface area contributed by atoms with Crippen LogP contribution >= 0.6 is 0 Å². The minimum absolute atomic E-state index is 0.0122. The Kier molecular flexibility index (Phi) is 4.94. The first-order valence-corrected chi connectivity index (χ1v) is 3.30. The highest BCUT2D eigenvalue weighted by Crippen LogP contribution is 2.11. The first-order chi connectivity index (χ1) is 4.76. The van der Waals surface area contributed by atoms with E-state index in [1.165, 1.54) is 7.11 Å². The molecule has 0 aliphatic rings. The Hall–Kier alpha value is -0.570. The molecule has 0 amide bonds. The maximum Gasteiger partial charge on any atom is 0.313 e. The Morgan fingerprint density at radius 2 is 2.20 bits per heavy atom. The summed E-state index contributed by atoms with van der Waals surface area (Å²) in [5.74, 6) is 0.335. The van der Waals surface area contributed by atoms with Gasteiger partial charge in [-0.1, -0.05) is 6.92 Å². The van der Waals surface area contributed by atoms with Crippen molar-refractivity contribution in [2.45, 2.75) is 19.8 Å². The van der Waals surface area contributed by atoms with E-state index in [2.05, 4.69) is 4.74 Å². The smallest absolute Gasteiger partial charge is 0.313 e. The Labute approximate surface area is 61.0 Å². The molecule has 3 nitrogen and oxygen atoms in total. The third-order valence-corrected chi connectivity index (χ3v) is 1.31. The van der Waals surface area contributed by atoms with Crippen molar-refractivity contribution in [3.05, 3.63) is 5.92 Å². The molecule has 0 aromatic heterocycles. The fourth-order valence-corrected chi connectivity index (χ4v) is 0.702. The minimum atomic E-state index is -0.309. The maximum absolute atomic E-state index is 10.8. The van der Waals surface area contributed by atoms with E-state index in [9.17, 15) is 4.79 Å². The molecular weight excluding hydrogens is 132 g/mol. The SMILES string of the molecule is CC[C](CCO)C(=O)OC. The molecule has 0 atom stereocenters. The van der Waals surface area contributed by atoms with Gasteiger partial charge in [-0.05, 0) is 12.8 Å². The first-order valence-electron chi connectivity index (χ1n) is 3.30. The zero-order valence-corrected chi connectivity index (χ0v) is 6.39. The number of carbonyl (C=O) groups excluding carboxylic acids is 1. The molecule has 1 radical (unpaired) electrons. The first kappa shape index (κ1) is 9.43. The standard InChI is InChI=1S/C7H13O3/c1-3-6(4-5-8)7(9)10-2/h8H,3-5H2,1-2H3. The maximum atomic E-state index is 10.8. The zero-order chi connectivity index (χ0) is 7.98. The summed E-state index contributed by atoms with van der Waals surface area (Å²) in [4.78, 5) is 10.8. The van der Waals surface area contributed by atoms with Crippen molar-refractivity contribution in [3.63, 3.8) is 0 Å². The van der Waals surface area contributed by atoms with Gasteiger partial charge in [-0.15, -0.1) is 0 Å². The topological polar surface area (TPSA) is 46.5 Å². The number of esters is 1. The van der Waals surface area contributed by atoms with Crippen LogP contribution < -0.4 is 0 Å². The number of hydrogen-bond acceptors (Lipinski definition) is 3. The van der Waals surface area contributed by atoms with Gasteiger partial charge in [0.25, 0.3) is 0 Å². The van der Waals surface area contributed by atoms with Crippen LogP contribution in [0.15, 0.2) is 0 Å². The zero-order valence-electron chi connectivity index (χ0n) is 6.39. The van der Waals surface area contributed by atoms with E-state index in [4.69, 9.17) is 5.11 Å². The second-order valence-electron chi connectivity index (χ2n) is 1.92. The minimum Gasteiger partial charge on any atom is -0.469 e. The van der Waals surface area contributed by atoms with E-state index >= 15 is 0 Å². The molecule has 1 N–H and O–H groups in total. The molecule has 0 rings (SSSR count). The average molecular weight is 145 g/mol. The average Bonchev–Trinajstić information content (AvgIpc) is 1.99. The molecule has 0 bridgehead atoms. The van der Waals surface area contributed by atoms with E-state index in [1.54, 1.807) is 0 Å². The van der Waals surface area contributed by atoms with E-state index in [1.807, 2.05) is 6.92 Å². The van der Waals surface area contributed by atoms with Gasteiger partial charge >= 0.3 is 5.97 Å². The number of aliphatic hydroxyl groups excluding tert-OH is 1. The van der Waals surface area contributed by atoms with E-state index in [0.717, 1.165) is 0 Å². The molecule has 0 fully saturated rings. The summed E-state index contributed by atoms with van der Waals surface area (Å²) in [5, 5.41) is 8.48. The highest BCUT2D eigenvalue weighted by atomic mass is 16.5. The lowest BCUT2D eigenvalue weighted by Gasteiger charge is -2.08. The van der Waals surface area contributed by atoms with Crippen molar-refractivity contribution in [2.24, 2.45) is 0 Å². The monoisotopic (exact) mass is 145 g/mol. The van der Waals surface area contributed by atoms with Crippen LogP contribution in [-0.4, -0.2) is 24.8 Å². The Morgan fingerprint density at radius 1 is 1.60 bits per heavy atom. The molecule has 10 heavy (non-hydrogen) atoms. The molecule has 0 aliphatic heterocycles. The summed E-state index contributed by atoms with van der Waals surface area (Å²) in [6.07, 6.45) is 1.07. The summed E-state index contributed by atoms with van der Waals surface area (Å²) < 4.78 is 4.47. The van der Waals surface area contributed by atoms with Gasteiger partial charge in [0.1, 0.15) is 0 Å². The molecule has 0 aliphatic carbocycles. The van der Waals surface area contributed by atoms with Crippen molar-refractivity contribution < 1.29 is 14.6 Å². The lowest BCUT2D eigenvalue weighted by molar-refractivity contribution is -0.138. The second kappa shape index (κ2) is 5.23. The number of methoxy groups -OCH3 is 1. The van der Waals surface area contributed by atoms with Crippen molar-refractivity contribution >= 4 is 5.97 Å². The fourth-order valence-electron chi connectivity index (χ4n) is 0.702. The molecule has 0 aromatic carbocycles. The van der Waals surface area contributed by atoms with Crippen LogP contribution in [0.2, 0.25) is 0 Å². The molecule has 0 spiro atoms. The third-order valence-electron chi connectivity index (χ3n) is 1.31. The van der Waals surface area contributed by atoms with Crippen LogP contribution in [0.3, 0.4) is 0 Å². The van der Waals surface area contributed by atoms with Crippen molar-refractivity contribution in [1.29, 1.82) is 0 Å². The molecule has 0 unspecified atom stereocenters. The molecular formula is C7H13O3. The lowest BCUT2D eigenvalue weighted by atomic mass is 10.0. The predicted octanol–water partition coefficient (Wildman–Crippen LogP) is 0.526. The lowest BCUT2D eigenvalue weighted by Crippen LogP contribution is -2.14. The predicted molar refractivity (Wildman–Crippen MR) is 37.3 cm³/mol. The van der Waals surface area contributed by atoms with Gasteiger partial charge in [-0.25, -0.2) is 0 Å². The number of rotatable bonds is 4. The summed E-state index contributed by atoms with van der Waals surface area (Å²) in [6, 6.07) is 0. The van der Waals surface area contributed by atoms with Crippen LogP contribution in [0.4, 0.5) is 0 Å². The number of ether oxygens (including phenoxy) is 1. The highest BCUT2D eigenvalue weighted by molar-refractivity contribution is 5.84. The van der Waals surface area contributed by atoms with Gasteiger partial charge in [0, 0.05) is 6.61 Å². The Morgan fingerprint density at radius 3 is 2.50 bits per heavy atom. The quantitative estimate of drug-likeness (QED) is 0.587. The number of hydrogen-bond donors (Lipinski definition) is 1.